The molecule has 0 saturated carbocycles. The number of anilines is 2. The normalized spacial score (nSPS) is 18.9. The molecule has 3 atom stereocenters. The predicted molar refractivity (Wildman–Crippen MR) is 122 cm³/mol. The Bertz CT molecular complexity index is 1260. The lowest BCUT2D eigenvalue weighted by molar-refractivity contribution is 0.132. The second kappa shape index (κ2) is 7.94. The molecular weight excluding hydrogens is 408 g/mol. The summed E-state index contributed by atoms with van der Waals surface area (Å²) in [7, 11) is 1.63. The number of fused-ring (bicyclic) bond motifs is 3. The van der Waals surface area contributed by atoms with E-state index < -0.39 is 6.10 Å². The first-order valence-corrected chi connectivity index (χ1v) is 10.9. The minimum Gasteiger partial charge on any atom is -0.497 e. The van der Waals surface area contributed by atoms with Crippen LogP contribution in [-0.2, 0) is 0 Å². The molecule has 4 heterocycles. The largest absolute Gasteiger partial charge is 0.497 e. The number of hydrogen-bond acceptors (Lipinski definition) is 8. The zero-order chi connectivity index (χ0) is 22.4. The van der Waals surface area contributed by atoms with Crippen LogP contribution in [0.25, 0.3) is 16.6 Å². The van der Waals surface area contributed by atoms with Gasteiger partial charge in [0.2, 0.25) is 5.95 Å². The highest BCUT2D eigenvalue weighted by molar-refractivity contribution is 5.93. The number of ether oxygens (including phenoxy) is 1. The van der Waals surface area contributed by atoms with Gasteiger partial charge in [-0.05, 0) is 38.8 Å². The molecule has 1 aliphatic rings. The average molecular weight is 437 g/mol. The number of aliphatic hydroxyl groups excluding tert-OH is 1. The number of methoxy groups -OCH3 is 1. The van der Waals surface area contributed by atoms with Crippen LogP contribution in [0.15, 0.2) is 30.6 Å². The Kier molecular flexibility index (Phi) is 5.09. The molecule has 32 heavy (non-hydrogen) atoms. The molecule has 1 aromatic carbocycles. The molecule has 0 radical (unpaired) electrons. The van der Waals surface area contributed by atoms with E-state index >= 15 is 0 Å². The van der Waals surface area contributed by atoms with Crippen molar-refractivity contribution in [1.82, 2.24) is 29.4 Å². The molecule has 1 unspecified atom stereocenters. The van der Waals surface area contributed by atoms with Gasteiger partial charge in [0.25, 0.3) is 0 Å². The van der Waals surface area contributed by atoms with Gasteiger partial charge in [0.1, 0.15) is 5.75 Å². The van der Waals surface area contributed by atoms with Gasteiger partial charge in [-0.25, -0.2) is 9.97 Å². The van der Waals surface area contributed by atoms with Crippen molar-refractivity contribution in [2.45, 2.75) is 44.8 Å². The summed E-state index contributed by atoms with van der Waals surface area (Å²) in [5.74, 6) is 1.98. The maximum Gasteiger partial charge on any atom is 0.223 e. The summed E-state index contributed by atoms with van der Waals surface area (Å²) < 4.78 is 8.76. The van der Waals surface area contributed by atoms with E-state index in [4.69, 9.17) is 20.6 Å². The Labute approximate surface area is 185 Å². The Morgan fingerprint density at radius 3 is 2.88 bits per heavy atom. The fraction of sp³-hybridized carbons (Fsp3) is 0.455. The van der Waals surface area contributed by atoms with E-state index in [9.17, 15) is 5.11 Å². The first-order chi connectivity index (χ1) is 15.4. The van der Waals surface area contributed by atoms with Gasteiger partial charge in [-0.1, -0.05) is 0 Å². The molecule has 0 amide bonds. The van der Waals surface area contributed by atoms with Crippen LogP contribution in [0.2, 0.25) is 0 Å². The van der Waals surface area contributed by atoms with Crippen LogP contribution in [0, 0.1) is 0 Å². The molecular formula is C22H28N8O2. The summed E-state index contributed by atoms with van der Waals surface area (Å²) in [6, 6.07) is 5.61. The van der Waals surface area contributed by atoms with Gasteiger partial charge in [-0.2, -0.15) is 9.61 Å². The minimum atomic E-state index is -0.465. The third-order valence-electron chi connectivity index (χ3n) is 6.38. The smallest absolute Gasteiger partial charge is 0.223 e. The SMILES string of the molecule is COc1ccc2c(c1)nc(N)n1nc([C@@H]3CCCN(c4cnn([C@@H](C)C(C)O)c4)C3)nc21. The van der Waals surface area contributed by atoms with E-state index in [0.29, 0.717) is 11.6 Å². The maximum atomic E-state index is 9.87. The topological polar surface area (TPSA) is 120 Å². The number of nitrogens with zero attached hydrogens (tertiary/aromatic N) is 7. The number of piperidine rings is 1. The fourth-order valence-electron chi connectivity index (χ4n) is 4.28. The molecule has 0 spiro atoms. The average Bonchev–Trinajstić information content (AvgIpc) is 3.47. The van der Waals surface area contributed by atoms with Crippen molar-refractivity contribution in [2.75, 3.05) is 30.8 Å². The lowest BCUT2D eigenvalue weighted by atomic mass is 9.97. The molecule has 1 saturated heterocycles. The van der Waals surface area contributed by atoms with Crippen LogP contribution < -0.4 is 15.4 Å². The highest BCUT2D eigenvalue weighted by Gasteiger charge is 2.27. The van der Waals surface area contributed by atoms with Gasteiger partial charge in [-0.3, -0.25) is 4.68 Å². The third-order valence-corrected chi connectivity index (χ3v) is 6.38. The van der Waals surface area contributed by atoms with Crippen molar-refractivity contribution in [3.05, 3.63) is 36.4 Å². The van der Waals surface area contributed by atoms with Crippen LogP contribution in [0.3, 0.4) is 0 Å². The van der Waals surface area contributed by atoms with Gasteiger partial charge >= 0.3 is 0 Å². The first kappa shape index (κ1) is 20.5. The van der Waals surface area contributed by atoms with Gasteiger partial charge in [0, 0.05) is 36.7 Å². The Morgan fingerprint density at radius 2 is 2.09 bits per heavy atom. The van der Waals surface area contributed by atoms with Gasteiger partial charge in [0.05, 0.1) is 36.7 Å². The van der Waals surface area contributed by atoms with Crippen molar-refractivity contribution in [3.8, 4) is 5.75 Å². The minimum absolute atomic E-state index is 0.0770. The molecule has 3 N–H and O–H groups in total. The van der Waals surface area contributed by atoms with E-state index in [1.165, 1.54) is 0 Å². The molecule has 4 aromatic rings. The summed E-state index contributed by atoms with van der Waals surface area (Å²) in [6.07, 6.45) is 5.43. The quantitative estimate of drug-likeness (QED) is 0.489. The third kappa shape index (κ3) is 3.50. The van der Waals surface area contributed by atoms with Crippen LogP contribution in [0.1, 0.15) is 44.5 Å². The second-order valence-electron chi connectivity index (χ2n) is 8.50. The van der Waals surface area contributed by atoms with Crippen molar-refractivity contribution >= 4 is 28.2 Å². The molecule has 5 rings (SSSR count). The number of hydrogen-bond donors (Lipinski definition) is 2. The standard InChI is InChI=1S/C22H28N8O2/c1-13(14(2)31)29-12-16(10-24-29)28-8-4-5-15(11-28)20-26-21-18-7-6-17(32-3)9-19(18)25-22(23)30(21)27-20/h6-7,9-10,12-15,31H,4-5,8,11H2,1-3H3,(H2,23,25)/t13-,14?,15+/m0/s1. The van der Waals surface area contributed by atoms with Crippen molar-refractivity contribution < 1.29 is 9.84 Å². The van der Waals surface area contributed by atoms with Gasteiger partial charge in [-0.15, -0.1) is 5.10 Å². The predicted octanol–water partition coefficient (Wildman–Crippen LogP) is 2.39. The van der Waals surface area contributed by atoms with E-state index in [0.717, 1.165) is 54.1 Å². The van der Waals surface area contributed by atoms with E-state index in [1.54, 1.807) is 18.5 Å². The lowest BCUT2D eigenvalue weighted by Crippen LogP contribution is -2.34. The van der Waals surface area contributed by atoms with E-state index in [2.05, 4.69) is 15.0 Å². The molecule has 0 bridgehead atoms. The molecule has 1 aliphatic heterocycles. The second-order valence-corrected chi connectivity index (χ2v) is 8.50. The molecule has 1 fully saturated rings. The number of nitrogen functional groups attached to an aromatic ring is 1. The van der Waals surface area contributed by atoms with E-state index in [1.807, 2.05) is 42.2 Å². The molecule has 10 nitrogen and oxygen atoms in total. The van der Waals surface area contributed by atoms with Crippen molar-refractivity contribution in [3.63, 3.8) is 0 Å². The number of aliphatic hydroxyl groups is 1. The molecule has 0 aliphatic carbocycles. The van der Waals surface area contributed by atoms with Crippen LogP contribution >= 0.6 is 0 Å². The molecule has 168 valence electrons. The molecule has 3 aromatic heterocycles. The highest BCUT2D eigenvalue weighted by Crippen LogP contribution is 2.31. The summed E-state index contributed by atoms with van der Waals surface area (Å²) >= 11 is 0. The van der Waals surface area contributed by atoms with Crippen molar-refractivity contribution in [1.29, 1.82) is 0 Å². The lowest BCUT2D eigenvalue weighted by Gasteiger charge is -2.32. The Balaban J connectivity index is 1.45. The molecule has 10 heteroatoms. The van der Waals surface area contributed by atoms with Gasteiger partial charge in [0.15, 0.2) is 11.5 Å². The Hall–Kier alpha value is -3.40. The Morgan fingerprint density at radius 1 is 1.25 bits per heavy atom. The van der Waals surface area contributed by atoms with Crippen LogP contribution in [0.4, 0.5) is 11.6 Å². The van der Waals surface area contributed by atoms with Crippen LogP contribution in [0.5, 0.6) is 5.75 Å². The van der Waals surface area contributed by atoms with Crippen molar-refractivity contribution in [2.24, 2.45) is 0 Å². The number of rotatable bonds is 5. The zero-order valence-electron chi connectivity index (χ0n) is 18.5. The summed E-state index contributed by atoms with van der Waals surface area (Å²) in [5, 5.41) is 19.9. The van der Waals surface area contributed by atoms with E-state index in [-0.39, 0.29) is 12.0 Å². The van der Waals surface area contributed by atoms with Crippen LogP contribution in [-0.4, -0.2) is 60.8 Å². The zero-order valence-corrected chi connectivity index (χ0v) is 18.5. The number of benzene rings is 1. The summed E-state index contributed by atoms with van der Waals surface area (Å²) in [6.45, 7) is 5.48. The first-order valence-electron chi connectivity index (χ1n) is 10.9. The monoisotopic (exact) mass is 436 g/mol. The summed E-state index contributed by atoms with van der Waals surface area (Å²) in [5.41, 5.74) is 8.69. The number of aromatic nitrogens is 6. The summed E-state index contributed by atoms with van der Waals surface area (Å²) in [4.78, 5) is 11.7. The van der Waals surface area contributed by atoms with Gasteiger partial charge < -0.3 is 20.5 Å². The fourth-order valence-corrected chi connectivity index (χ4v) is 4.28. The maximum absolute atomic E-state index is 9.87. The highest BCUT2D eigenvalue weighted by atomic mass is 16.5. The number of nitrogens with two attached hydrogens (primary N) is 1.